The van der Waals surface area contributed by atoms with E-state index in [4.69, 9.17) is 0 Å². The third-order valence-corrected chi connectivity index (χ3v) is 11.3. The molecule has 0 radical (unpaired) electrons. The Hall–Kier alpha value is -1.96. The van der Waals surface area contributed by atoms with E-state index in [1.165, 1.54) is 88.2 Å². The van der Waals surface area contributed by atoms with Crippen LogP contribution in [0.2, 0.25) is 0 Å². The average molecular weight is 649 g/mol. The van der Waals surface area contributed by atoms with Crippen LogP contribution in [0.1, 0.15) is 192 Å². The van der Waals surface area contributed by atoms with Gasteiger partial charge in [-0.05, 0) is 89.2 Å². The number of phenolic OH excluding ortho intramolecular Hbond substituents is 2. The van der Waals surface area contributed by atoms with Crippen molar-refractivity contribution in [2.45, 2.75) is 190 Å². The summed E-state index contributed by atoms with van der Waals surface area (Å²) in [5, 5.41) is 23.4. The highest BCUT2D eigenvalue weighted by Crippen LogP contribution is 2.36. The van der Waals surface area contributed by atoms with E-state index in [2.05, 4.69) is 79.7 Å². The van der Waals surface area contributed by atoms with Crippen LogP contribution in [0.4, 0.5) is 0 Å². The Morgan fingerprint density at radius 1 is 0.404 bits per heavy atom. The molecule has 4 unspecified atom stereocenters. The summed E-state index contributed by atoms with van der Waals surface area (Å²) in [4.78, 5) is 0. The lowest BCUT2D eigenvalue weighted by Crippen LogP contribution is -2.09. The average Bonchev–Trinajstić information content (AvgIpc) is 3.08. The van der Waals surface area contributed by atoms with E-state index in [1.807, 2.05) is 0 Å². The smallest absolute Gasteiger partial charge is 0.121 e. The molecule has 0 aliphatic rings. The zero-order valence-corrected chi connectivity index (χ0v) is 32.4. The van der Waals surface area contributed by atoms with Crippen molar-refractivity contribution in [2.24, 2.45) is 23.7 Å². The maximum Gasteiger partial charge on any atom is 0.121 e. The third kappa shape index (κ3) is 14.2. The highest BCUT2D eigenvalue weighted by atomic mass is 16.3. The minimum Gasteiger partial charge on any atom is -0.507 e. The maximum atomic E-state index is 11.7. The van der Waals surface area contributed by atoms with Gasteiger partial charge in [-0.2, -0.15) is 0 Å². The maximum absolute atomic E-state index is 11.7. The molecule has 2 N–H and O–H groups in total. The first-order chi connectivity index (χ1) is 22.8. The molecule has 4 atom stereocenters. The third-order valence-electron chi connectivity index (χ3n) is 11.3. The molecule has 0 aromatic heterocycles. The van der Waals surface area contributed by atoms with Crippen LogP contribution in [0.15, 0.2) is 24.3 Å². The van der Waals surface area contributed by atoms with Crippen LogP contribution < -0.4 is 0 Å². The van der Waals surface area contributed by atoms with Crippen molar-refractivity contribution in [3.63, 3.8) is 0 Å². The van der Waals surface area contributed by atoms with Crippen LogP contribution in [0.25, 0.3) is 0 Å². The van der Waals surface area contributed by atoms with E-state index in [1.54, 1.807) is 0 Å². The standard InChI is InChI=1S/C45H76O2/c1-9-17-21-34(13-5)26-40-30-38(31-41(44(40)46)27-35(14-6)22-18-10-2)25-39-32-42(28-36(15-7)23-19-11-3)45(47)43(33-39)29-37(16-8)24-20-12-4/h30-37,46-47H,9-29H2,1-8H3. The van der Waals surface area contributed by atoms with Gasteiger partial charge in [0.2, 0.25) is 0 Å². The van der Waals surface area contributed by atoms with Gasteiger partial charge in [0, 0.05) is 0 Å². The molecule has 0 bridgehead atoms. The number of unbranched alkanes of at least 4 members (excludes halogenated alkanes) is 4. The first kappa shape index (κ1) is 41.2. The number of hydrogen-bond acceptors (Lipinski definition) is 2. The van der Waals surface area contributed by atoms with Gasteiger partial charge >= 0.3 is 0 Å². The quantitative estimate of drug-likeness (QED) is 0.107. The van der Waals surface area contributed by atoms with Gasteiger partial charge in [0.25, 0.3) is 0 Å². The fraction of sp³-hybridized carbons (Fsp3) is 0.733. The van der Waals surface area contributed by atoms with Crippen LogP contribution in [0.3, 0.4) is 0 Å². The monoisotopic (exact) mass is 649 g/mol. The van der Waals surface area contributed by atoms with Crippen LogP contribution in [-0.2, 0) is 32.1 Å². The summed E-state index contributed by atoms with van der Waals surface area (Å²) in [6.07, 6.45) is 24.2. The lowest BCUT2D eigenvalue weighted by atomic mass is 9.84. The van der Waals surface area contributed by atoms with Crippen molar-refractivity contribution < 1.29 is 10.2 Å². The van der Waals surface area contributed by atoms with Crippen molar-refractivity contribution in [1.29, 1.82) is 0 Å². The second-order valence-corrected chi connectivity index (χ2v) is 15.2. The lowest BCUT2D eigenvalue weighted by Gasteiger charge is -2.22. The van der Waals surface area contributed by atoms with Gasteiger partial charge in [-0.15, -0.1) is 0 Å². The highest BCUT2D eigenvalue weighted by Gasteiger charge is 2.20. The molecule has 2 aromatic rings. The number of benzene rings is 2. The molecule has 0 spiro atoms. The molecule has 0 aliphatic heterocycles. The van der Waals surface area contributed by atoms with Gasteiger partial charge in [0.05, 0.1) is 0 Å². The molecule has 0 aliphatic carbocycles. The molecule has 0 heterocycles. The molecule has 2 rings (SSSR count). The fourth-order valence-electron chi connectivity index (χ4n) is 7.74. The predicted molar refractivity (Wildman–Crippen MR) is 207 cm³/mol. The summed E-state index contributed by atoms with van der Waals surface area (Å²) in [6, 6.07) is 9.33. The van der Waals surface area contributed by atoms with Crippen molar-refractivity contribution in [3.05, 3.63) is 57.6 Å². The van der Waals surface area contributed by atoms with E-state index in [-0.39, 0.29) is 0 Å². The Bertz CT molecular complexity index is 951. The SMILES string of the molecule is CCCCC(CC)Cc1cc(Cc2cc(CC(CC)CCCC)c(O)c(CC(CC)CCCC)c2)cc(CC(CC)CCCC)c1O. The molecule has 0 saturated heterocycles. The second-order valence-electron chi connectivity index (χ2n) is 15.2. The largest absolute Gasteiger partial charge is 0.507 e. The van der Waals surface area contributed by atoms with Crippen molar-refractivity contribution in [1.82, 2.24) is 0 Å². The first-order valence-corrected chi connectivity index (χ1v) is 20.4. The molecule has 2 aromatic carbocycles. The minimum atomic E-state index is 0.564. The van der Waals surface area contributed by atoms with Gasteiger partial charge < -0.3 is 10.2 Å². The highest BCUT2D eigenvalue weighted by molar-refractivity contribution is 5.49. The molecular weight excluding hydrogens is 572 g/mol. The summed E-state index contributed by atoms with van der Waals surface area (Å²) in [6.45, 7) is 18.4. The van der Waals surface area contributed by atoms with E-state index < -0.39 is 0 Å². The fourth-order valence-corrected chi connectivity index (χ4v) is 7.74. The van der Waals surface area contributed by atoms with Crippen molar-refractivity contribution in [2.75, 3.05) is 0 Å². The summed E-state index contributed by atoms with van der Waals surface area (Å²) < 4.78 is 0. The molecular formula is C45H76O2. The second kappa shape index (κ2) is 23.4. The van der Waals surface area contributed by atoms with Gasteiger partial charge in [-0.25, -0.2) is 0 Å². The van der Waals surface area contributed by atoms with Gasteiger partial charge in [0.15, 0.2) is 0 Å². The zero-order chi connectivity index (χ0) is 34.6. The number of phenols is 2. The molecule has 0 amide bonds. The van der Waals surface area contributed by atoms with Gasteiger partial charge in [-0.1, -0.05) is 182 Å². The Labute approximate surface area is 292 Å². The van der Waals surface area contributed by atoms with E-state index in [0.29, 0.717) is 35.2 Å². The number of aromatic hydroxyl groups is 2. The molecule has 0 saturated carbocycles. The molecule has 47 heavy (non-hydrogen) atoms. The Kier molecular flexibility index (Phi) is 20.5. The van der Waals surface area contributed by atoms with E-state index in [0.717, 1.165) is 80.0 Å². The van der Waals surface area contributed by atoms with Crippen LogP contribution in [0.5, 0.6) is 11.5 Å². The van der Waals surface area contributed by atoms with Gasteiger partial charge in [-0.3, -0.25) is 0 Å². The normalized spacial score (nSPS) is 14.3. The Balaban J connectivity index is 2.59. The summed E-state index contributed by atoms with van der Waals surface area (Å²) >= 11 is 0. The van der Waals surface area contributed by atoms with Crippen molar-refractivity contribution in [3.8, 4) is 11.5 Å². The minimum absolute atomic E-state index is 0.564. The Morgan fingerprint density at radius 2 is 0.638 bits per heavy atom. The Morgan fingerprint density at radius 3 is 0.830 bits per heavy atom. The van der Waals surface area contributed by atoms with Crippen LogP contribution in [0, 0.1) is 23.7 Å². The number of hydrogen-bond donors (Lipinski definition) is 2. The predicted octanol–water partition coefficient (Wildman–Crippen LogP) is 13.7. The van der Waals surface area contributed by atoms with E-state index in [9.17, 15) is 10.2 Å². The van der Waals surface area contributed by atoms with Crippen molar-refractivity contribution >= 4 is 0 Å². The molecule has 2 nitrogen and oxygen atoms in total. The molecule has 268 valence electrons. The zero-order valence-electron chi connectivity index (χ0n) is 32.4. The molecule has 0 fully saturated rings. The lowest BCUT2D eigenvalue weighted by molar-refractivity contribution is 0.409. The topological polar surface area (TPSA) is 40.5 Å². The molecule has 2 heteroatoms. The van der Waals surface area contributed by atoms with Gasteiger partial charge in [0.1, 0.15) is 11.5 Å². The number of rotatable bonds is 26. The van der Waals surface area contributed by atoms with E-state index >= 15 is 0 Å². The first-order valence-electron chi connectivity index (χ1n) is 20.4. The van der Waals surface area contributed by atoms with Crippen LogP contribution >= 0.6 is 0 Å². The summed E-state index contributed by atoms with van der Waals surface area (Å²) in [5.41, 5.74) is 7.26. The summed E-state index contributed by atoms with van der Waals surface area (Å²) in [7, 11) is 0. The van der Waals surface area contributed by atoms with Crippen LogP contribution in [-0.4, -0.2) is 10.2 Å². The summed E-state index contributed by atoms with van der Waals surface area (Å²) in [5.74, 6) is 3.58.